The van der Waals surface area contributed by atoms with Crippen molar-refractivity contribution in [1.29, 1.82) is 0 Å². The zero-order chi connectivity index (χ0) is 21.0. The topological polar surface area (TPSA) is 89.0 Å². The van der Waals surface area contributed by atoms with Gasteiger partial charge in [0.05, 0.1) is 34.4 Å². The van der Waals surface area contributed by atoms with E-state index in [1.54, 1.807) is 24.4 Å². The molecule has 2 heterocycles. The van der Waals surface area contributed by atoms with Crippen LogP contribution < -0.4 is 0 Å². The zero-order valence-electron chi connectivity index (χ0n) is 15.6. The van der Waals surface area contributed by atoms with Crippen molar-refractivity contribution in [3.8, 4) is 0 Å². The molecule has 7 nitrogen and oxygen atoms in total. The fraction of sp³-hybridized carbons (Fsp3) is 0.421. The Bertz CT molecular complexity index is 891. The van der Waals surface area contributed by atoms with Gasteiger partial charge in [0, 0.05) is 30.8 Å². The molecule has 1 N–H and O–H groups in total. The summed E-state index contributed by atoms with van der Waals surface area (Å²) < 4.78 is 11.0. The molecule has 1 aliphatic heterocycles. The Kier molecular flexibility index (Phi) is 7.34. The minimum Gasteiger partial charge on any atom is -0.465 e. The molecule has 10 heteroatoms. The second-order valence-corrected chi connectivity index (χ2v) is 8.26. The standard InChI is InChI=1S/C19H20Cl2N2O5S/c1-2-27-18(24)15-10-29-16(22-15)8-12-9-23(19(25)26)5-6-28-17(12)11-3-4-13(20)14(21)7-11/h3-4,7,10,12,17H,2,5-6,8-9H2,1H3,(H,25,26)/t12-,17+/m1/s1. The summed E-state index contributed by atoms with van der Waals surface area (Å²) in [5.41, 5.74) is 1.07. The molecule has 0 aliphatic carbocycles. The number of halogens is 2. The molecule has 1 fully saturated rings. The Labute approximate surface area is 182 Å². The predicted octanol–water partition coefficient (Wildman–Crippen LogP) is 4.54. The maximum absolute atomic E-state index is 11.9. The number of nitrogens with zero attached hydrogens (tertiary/aromatic N) is 2. The lowest BCUT2D eigenvalue weighted by Crippen LogP contribution is -2.35. The van der Waals surface area contributed by atoms with Gasteiger partial charge < -0.3 is 19.5 Å². The van der Waals surface area contributed by atoms with Crippen LogP contribution in [0.1, 0.15) is 34.1 Å². The number of ether oxygens (including phenoxy) is 2. The molecule has 156 valence electrons. The highest BCUT2D eigenvalue weighted by Gasteiger charge is 2.32. The quantitative estimate of drug-likeness (QED) is 0.661. The van der Waals surface area contributed by atoms with Crippen LogP contribution in [0.2, 0.25) is 10.0 Å². The molecular formula is C19H20Cl2N2O5S. The van der Waals surface area contributed by atoms with Gasteiger partial charge in [0.1, 0.15) is 0 Å². The fourth-order valence-electron chi connectivity index (χ4n) is 3.23. The van der Waals surface area contributed by atoms with E-state index >= 15 is 0 Å². The van der Waals surface area contributed by atoms with Crippen LogP contribution in [0.5, 0.6) is 0 Å². The Morgan fingerprint density at radius 2 is 2.17 bits per heavy atom. The van der Waals surface area contributed by atoms with E-state index in [-0.39, 0.29) is 44.0 Å². The summed E-state index contributed by atoms with van der Waals surface area (Å²) in [4.78, 5) is 29.1. The lowest BCUT2D eigenvalue weighted by atomic mass is 9.92. The number of hydrogen-bond acceptors (Lipinski definition) is 6. The van der Waals surface area contributed by atoms with Gasteiger partial charge in [-0.25, -0.2) is 14.6 Å². The molecule has 29 heavy (non-hydrogen) atoms. The largest absolute Gasteiger partial charge is 0.465 e. The molecule has 2 atom stereocenters. The maximum Gasteiger partial charge on any atom is 0.407 e. The first-order valence-corrected chi connectivity index (χ1v) is 10.7. The lowest BCUT2D eigenvalue weighted by Gasteiger charge is -2.26. The van der Waals surface area contributed by atoms with Crippen LogP contribution in [0, 0.1) is 5.92 Å². The molecule has 0 bridgehead atoms. The average Bonchev–Trinajstić information content (AvgIpc) is 3.04. The highest BCUT2D eigenvalue weighted by atomic mass is 35.5. The summed E-state index contributed by atoms with van der Waals surface area (Å²) in [7, 11) is 0. The monoisotopic (exact) mass is 458 g/mol. The van der Waals surface area contributed by atoms with Crippen LogP contribution in [0.3, 0.4) is 0 Å². The van der Waals surface area contributed by atoms with Crippen LogP contribution in [-0.2, 0) is 15.9 Å². The number of hydrogen-bond donors (Lipinski definition) is 1. The van der Waals surface area contributed by atoms with Crippen molar-refractivity contribution < 1.29 is 24.2 Å². The van der Waals surface area contributed by atoms with Gasteiger partial charge in [-0.05, 0) is 24.6 Å². The molecule has 0 spiro atoms. The van der Waals surface area contributed by atoms with Crippen LogP contribution in [0.15, 0.2) is 23.6 Å². The molecule has 0 radical (unpaired) electrons. The predicted molar refractivity (Wildman–Crippen MR) is 110 cm³/mol. The molecule has 2 aromatic rings. The Morgan fingerprint density at radius 1 is 1.38 bits per heavy atom. The van der Waals surface area contributed by atoms with E-state index in [4.69, 9.17) is 32.7 Å². The number of carboxylic acid groups (broad SMARTS) is 1. The van der Waals surface area contributed by atoms with Crippen molar-refractivity contribution in [1.82, 2.24) is 9.88 Å². The number of aromatic nitrogens is 1. The molecule has 0 saturated carbocycles. The van der Waals surface area contributed by atoms with Gasteiger partial charge in [-0.3, -0.25) is 0 Å². The van der Waals surface area contributed by atoms with Gasteiger partial charge in [-0.1, -0.05) is 29.3 Å². The molecule has 1 aromatic heterocycles. The van der Waals surface area contributed by atoms with E-state index in [0.717, 1.165) is 5.56 Å². The summed E-state index contributed by atoms with van der Waals surface area (Å²) in [5.74, 6) is -0.688. The Hall–Kier alpha value is -1.87. The molecule has 0 unspecified atom stereocenters. The summed E-state index contributed by atoms with van der Waals surface area (Å²) in [6.07, 6.45) is -0.942. The van der Waals surface area contributed by atoms with Crippen LogP contribution in [0.4, 0.5) is 4.79 Å². The number of esters is 1. The third-order valence-corrected chi connectivity index (χ3v) is 6.17. The third kappa shape index (κ3) is 5.39. The minimum atomic E-state index is -1.00. The first-order valence-electron chi connectivity index (χ1n) is 9.05. The van der Waals surface area contributed by atoms with E-state index in [1.165, 1.54) is 16.2 Å². The van der Waals surface area contributed by atoms with Crippen molar-refractivity contribution >= 4 is 46.6 Å². The zero-order valence-corrected chi connectivity index (χ0v) is 18.0. The molecule has 1 aliphatic rings. The summed E-state index contributed by atoms with van der Waals surface area (Å²) in [6, 6.07) is 5.26. The van der Waals surface area contributed by atoms with Gasteiger partial charge in [0.25, 0.3) is 0 Å². The fourth-order valence-corrected chi connectivity index (χ4v) is 4.39. The van der Waals surface area contributed by atoms with Crippen molar-refractivity contribution in [3.05, 3.63) is 49.9 Å². The summed E-state index contributed by atoms with van der Waals surface area (Å²) >= 11 is 13.5. The van der Waals surface area contributed by atoms with Crippen molar-refractivity contribution in [2.75, 3.05) is 26.3 Å². The molecule has 1 saturated heterocycles. The van der Waals surface area contributed by atoms with Crippen LogP contribution in [0.25, 0.3) is 0 Å². The molecule has 1 aromatic carbocycles. The Morgan fingerprint density at radius 3 is 2.86 bits per heavy atom. The van der Waals surface area contributed by atoms with E-state index < -0.39 is 12.1 Å². The van der Waals surface area contributed by atoms with E-state index in [1.807, 2.05) is 6.07 Å². The van der Waals surface area contributed by atoms with Crippen molar-refractivity contribution in [2.24, 2.45) is 5.92 Å². The van der Waals surface area contributed by atoms with Gasteiger partial charge in [0.2, 0.25) is 0 Å². The highest BCUT2D eigenvalue weighted by Crippen LogP contribution is 2.35. The van der Waals surface area contributed by atoms with Crippen molar-refractivity contribution in [2.45, 2.75) is 19.4 Å². The molecule has 1 amide bonds. The third-order valence-electron chi connectivity index (χ3n) is 4.56. The van der Waals surface area contributed by atoms with Gasteiger partial charge >= 0.3 is 12.1 Å². The van der Waals surface area contributed by atoms with Gasteiger partial charge in [-0.2, -0.15) is 0 Å². The highest BCUT2D eigenvalue weighted by molar-refractivity contribution is 7.09. The first kappa shape index (κ1) is 21.8. The summed E-state index contributed by atoms with van der Waals surface area (Å²) in [5, 5.41) is 12.7. The van der Waals surface area contributed by atoms with Crippen molar-refractivity contribution in [3.63, 3.8) is 0 Å². The van der Waals surface area contributed by atoms with Crippen LogP contribution in [-0.4, -0.2) is 53.4 Å². The number of benzene rings is 1. The van der Waals surface area contributed by atoms with E-state index in [0.29, 0.717) is 21.5 Å². The van der Waals surface area contributed by atoms with E-state index in [2.05, 4.69) is 4.98 Å². The lowest BCUT2D eigenvalue weighted by molar-refractivity contribution is 0.0306. The summed E-state index contributed by atoms with van der Waals surface area (Å²) in [6.45, 7) is 2.81. The second kappa shape index (κ2) is 9.75. The molecule has 3 rings (SSSR count). The first-order chi connectivity index (χ1) is 13.9. The second-order valence-electron chi connectivity index (χ2n) is 6.50. The van der Waals surface area contributed by atoms with Crippen LogP contribution >= 0.6 is 34.5 Å². The number of amides is 1. The van der Waals surface area contributed by atoms with Gasteiger partial charge in [-0.15, -0.1) is 11.3 Å². The number of carbonyl (C=O) groups excluding carboxylic acids is 1. The maximum atomic E-state index is 11.9. The minimum absolute atomic E-state index is 0.216. The van der Waals surface area contributed by atoms with Gasteiger partial charge in [0.15, 0.2) is 5.69 Å². The smallest absolute Gasteiger partial charge is 0.407 e. The van der Waals surface area contributed by atoms with E-state index in [9.17, 15) is 14.7 Å². The Balaban J connectivity index is 1.87. The molecular weight excluding hydrogens is 439 g/mol. The normalized spacial score (nSPS) is 19.6. The number of rotatable bonds is 5. The number of carbonyl (C=O) groups is 2. The SMILES string of the molecule is CCOC(=O)c1csc(C[C@@H]2CN(C(=O)O)CCO[C@H]2c2ccc(Cl)c(Cl)c2)n1. The number of thiazole rings is 1. The average molecular weight is 459 g/mol.